The van der Waals surface area contributed by atoms with Crippen molar-refractivity contribution in [1.29, 1.82) is 0 Å². The maximum absolute atomic E-state index is 11.2. The summed E-state index contributed by atoms with van der Waals surface area (Å²) < 4.78 is 13.5. The van der Waals surface area contributed by atoms with E-state index in [4.69, 9.17) is 9.47 Å². The number of aromatic nitrogens is 2. The molecule has 30 heavy (non-hydrogen) atoms. The molecule has 3 aromatic rings. The van der Waals surface area contributed by atoms with Gasteiger partial charge in [-0.05, 0) is 42.0 Å². The first-order valence-corrected chi connectivity index (χ1v) is 10.3. The predicted octanol–water partition coefficient (Wildman–Crippen LogP) is 4.18. The van der Waals surface area contributed by atoms with Gasteiger partial charge in [0.1, 0.15) is 12.4 Å². The van der Waals surface area contributed by atoms with Gasteiger partial charge in [-0.3, -0.25) is 9.48 Å². The van der Waals surface area contributed by atoms with Gasteiger partial charge in [0.2, 0.25) is 0 Å². The normalized spacial score (nSPS) is 14.5. The highest BCUT2D eigenvalue weighted by atomic mass is 16.5. The van der Waals surface area contributed by atoms with E-state index < -0.39 is 5.97 Å². The standard InChI is InChI=1S/C24H26N2O4/c27-24(28)13-20-6-7-23(30-17-19-4-2-1-3-5-19)22(12-20)21-14-25-26(16-21)15-18-8-10-29-11-9-18/h1-7,12,14,16,18H,8-11,13,15,17H2,(H,27,28). The van der Waals surface area contributed by atoms with Crippen LogP contribution in [0.3, 0.4) is 0 Å². The van der Waals surface area contributed by atoms with Crippen LogP contribution < -0.4 is 4.74 Å². The lowest BCUT2D eigenvalue weighted by Crippen LogP contribution is -2.20. The molecule has 1 N–H and O–H groups in total. The van der Waals surface area contributed by atoms with Crippen molar-refractivity contribution in [3.8, 4) is 16.9 Å². The first-order valence-electron chi connectivity index (χ1n) is 10.3. The Morgan fingerprint density at radius 2 is 1.93 bits per heavy atom. The zero-order chi connectivity index (χ0) is 20.8. The van der Waals surface area contributed by atoms with Gasteiger partial charge in [-0.2, -0.15) is 5.10 Å². The molecular formula is C24H26N2O4. The monoisotopic (exact) mass is 406 g/mol. The van der Waals surface area contributed by atoms with Crippen LogP contribution in [0.4, 0.5) is 0 Å². The van der Waals surface area contributed by atoms with Crippen LogP contribution in [0.5, 0.6) is 5.75 Å². The number of hydrogen-bond donors (Lipinski definition) is 1. The Morgan fingerprint density at radius 3 is 2.70 bits per heavy atom. The minimum atomic E-state index is -0.853. The average Bonchev–Trinajstić information content (AvgIpc) is 3.22. The van der Waals surface area contributed by atoms with E-state index in [0.29, 0.717) is 12.5 Å². The minimum absolute atomic E-state index is 0.0256. The van der Waals surface area contributed by atoms with Gasteiger partial charge in [0.15, 0.2) is 0 Å². The number of carboxylic acid groups (broad SMARTS) is 1. The molecular weight excluding hydrogens is 380 g/mol. The molecule has 1 saturated heterocycles. The maximum atomic E-state index is 11.2. The van der Waals surface area contributed by atoms with Crippen LogP contribution in [0, 0.1) is 5.92 Å². The quantitative estimate of drug-likeness (QED) is 0.607. The Balaban J connectivity index is 1.56. The number of rotatable bonds is 8. The minimum Gasteiger partial charge on any atom is -0.488 e. The predicted molar refractivity (Wildman–Crippen MR) is 113 cm³/mol. The van der Waals surface area contributed by atoms with E-state index in [1.54, 1.807) is 0 Å². The van der Waals surface area contributed by atoms with Crippen molar-refractivity contribution in [1.82, 2.24) is 9.78 Å². The lowest BCUT2D eigenvalue weighted by Gasteiger charge is -2.21. The zero-order valence-corrected chi connectivity index (χ0v) is 16.9. The van der Waals surface area contributed by atoms with E-state index in [1.165, 1.54) is 0 Å². The first kappa shape index (κ1) is 20.2. The van der Waals surface area contributed by atoms with Crippen molar-refractivity contribution >= 4 is 5.97 Å². The van der Waals surface area contributed by atoms with Gasteiger partial charge in [-0.1, -0.05) is 36.4 Å². The summed E-state index contributed by atoms with van der Waals surface area (Å²) in [6, 6.07) is 15.5. The molecule has 1 fully saturated rings. The molecule has 2 aromatic carbocycles. The second-order valence-corrected chi connectivity index (χ2v) is 7.68. The summed E-state index contributed by atoms with van der Waals surface area (Å²) in [7, 11) is 0. The van der Waals surface area contributed by atoms with E-state index in [1.807, 2.05) is 65.6 Å². The molecule has 0 atom stereocenters. The molecule has 1 aliphatic rings. The highest BCUT2D eigenvalue weighted by Gasteiger charge is 2.16. The summed E-state index contributed by atoms with van der Waals surface area (Å²) in [6.07, 6.45) is 5.92. The lowest BCUT2D eigenvalue weighted by atomic mass is 10.0. The molecule has 0 unspecified atom stereocenters. The maximum Gasteiger partial charge on any atom is 0.307 e. The summed E-state index contributed by atoms with van der Waals surface area (Å²) in [5.41, 5.74) is 3.61. The Bertz CT molecular complexity index is 978. The van der Waals surface area contributed by atoms with Crippen LogP contribution in [0.2, 0.25) is 0 Å². The number of aliphatic carboxylic acids is 1. The molecule has 1 aliphatic heterocycles. The summed E-state index contributed by atoms with van der Waals surface area (Å²) in [4.78, 5) is 11.2. The Kier molecular flexibility index (Phi) is 6.44. The molecule has 0 saturated carbocycles. The summed E-state index contributed by atoms with van der Waals surface area (Å²) >= 11 is 0. The highest BCUT2D eigenvalue weighted by Crippen LogP contribution is 2.32. The number of carbonyl (C=O) groups is 1. The van der Waals surface area contributed by atoms with Crippen molar-refractivity contribution < 1.29 is 19.4 Å². The van der Waals surface area contributed by atoms with Gasteiger partial charge in [0.25, 0.3) is 0 Å². The van der Waals surface area contributed by atoms with Crippen molar-refractivity contribution in [3.05, 3.63) is 72.1 Å². The van der Waals surface area contributed by atoms with Crippen LogP contribution in [-0.2, 0) is 29.1 Å². The van der Waals surface area contributed by atoms with Crippen LogP contribution >= 0.6 is 0 Å². The first-order chi connectivity index (χ1) is 14.7. The summed E-state index contributed by atoms with van der Waals surface area (Å²) in [6.45, 7) is 2.93. The number of carboxylic acids is 1. The van der Waals surface area contributed by atoms with Crippen molar-refractivity contribution in [2.24, 2.45) is 5.92 Å². The zero-order valence-electron chi connectivity index (χ0n) is 16.9. The molecule has 6 nitrogen and oxygen atoms in total. The third-order valence-electron chi connectivity index (χ3n) is 5.37. The second-order valence-electron chi connectivity index (χ2n) is 7.68. The fraction of sp³-hybridized carbons (Fsp3) is 0.333. The third-order valence-corrected chi connectivity index (χ3v) is 5.37. The molecule has 0 radical (unpaired) electrons. The smallest absolute Gasteiger partial charge is 0.307 e. The van der Waals surface area contributed by atoms with Crippen molar-refractivity contribution in [2.45, 2.75) is 32.4 Å². The lowest BCUT2D eigenvalue weighted by molar-refractivity contribution is -0.136. The highest BCUT2D eigenvalue weighted by molar-refractivity contribution is 5.74. The molecule has 0 bridgehead atoms. The largest absolute Gasteiger partial charge is 0.488 e. The Morgan fingerprint density at radius 1 is 1.13 bits per heavy atom. The Labute approximate surface area is 176 Å². The summed E-state index contributed by atoms with van der Waals surface area (Å²) in [5, 5.41) is 13.7. The molecule has 2 heterocycles. The second kappa shape index (κ2) is 9.59. The molecule has 156 valence electrons. The number of nitrogens with zero attached hydrogens (tertiary/aromatic N) is 2. The number of benzene rings is 2. The van der Waals surface area contributed by atoms with Gasteiger partial charge in [0, 0.05) is 37.1 Å². The Hall–Kier alpha value is -3.12. The van der Waals surface area contributed by atoms with E-state index in [-0.39, 0.29) is 6.42 Å². The van der Waals surface area contributed by atoms with E-state index >= 15 is 0 Å². The fourth-order valence-corrected chi connectivity index (χ4v) is 3.74. The van der Waals surface area contributed by atoms with Crippen molar-refractivity contribution in [3.63, 3.8) is 0 Å². The van der Waals surface area contributed by atoms with Crippen LogP contribution in [0.25, 0.3) is 11.1 Å². The third kappa shape index (κ3) is 5.27. The molecule has 0 aliphatic carbocycles. The molecule has 6 heteroatoms. The van der Waals surface area contributed by atoms with Crippen LogP contribution in [-0.4, -0.2) is 34.1 Å². The van der Waals surface area contributed by atoms with Gasteiger partial charge >= 0.3 is 5.97 Å². The average molecular weight is 406 g/mol. The van der Waals surface area contributed by atoms with Crippen LogP contribution in [0.15, 0.2) is 60.9 Å². The van der Waals surface area contributed by atoms with Crippen LogP contribution in [0.1, 0.15) is 24.0 Å². The number of hydrogen-bond acceptors (Lipinski definition) is 4. The fourth-order valence-electron chi connectivity index (χ4n) is 3.74. The van der Waals surface area contributed by atoms with E-state index in [2.05, 4.69) is 5.10 Å². The van der Waals surface area contributed by atoms with Gasteiger partial charge in [-0.25, -0.2) is 0 Å². The number of ether oxygens (including phenoxy) is 2. The van der Waals surface area contributed by atoms with Gasteiger partial charge in [0.05, 0.1) is 12.6 Å². The van der Waals surface area contributed by atoms with Gasteiger partial charge in [-0.15, -0.1) is 0 Å². The molecule has 1 aromatic heterocycles. The topological polar surface area (TPSA) is 73.6 Å². The van der Waals surface area contributed by atoms with Gasteiger partial charge < -0.3 is 14.6 Å². The summed E-state index contributed by atoms with van der Waals surface area (Å²) in [5.74, 6) is 0.436. The van der Waals surface area contributed by atoms with Crippen molar-refractivity contribution in [2.75, 3.05) is 13.2 Å². The molecule has 0 spiro atoms. The SMILES string of the molecule is O=C(O)Cc1ccc(OCc2ccccc2)c(-c2cnn(CC3CCOCC3)c2)c1. The van der Waals surface area contributed by atoms with E-state index in [9.17, 15) is 9.90 Å². The molecule has 4 rings (SSSR count). The van der Waals surface area contributed by atoms with E-state index in [0.717, 1.165) is 60.6 Å². The molecule has 0 amide bonds.